The predicted octanol–water partition coefficient (Wildman–Crippen LogP) is 3.16. The van der Waals surface area contributed by atoms with Crippen LogP contribution in [0, 0.1) is 16.0 Å². The van der Waals surface area contributed by atoms with Crippen LogP contribution < -0.4 is 10.6 Å². The van der Waals surface area contributed by atoms with Crippen LogP contribution in [0.5, 0.6) is 0 Å². The van der Waals surface area contributed by atoms with Crippen molar-refractivity contribution < 1.29 is 24.0 Å². The molecule has 1 atom stereocenters. The highest BCUT2D eigenvalue weighted by atomic mass is 35.5. The van der Waals surface area contributed by atoms with E-state index in [2.05, 4.69) is 15.6 Å². The lowest BCUT2D eigenvalue weighted by Gasteiger charge is -2.21. The molecule has 0 bridgehead atoms. The number of nitro benzene ring substituents is 1. The Morgan fingerprint density at radius 3 is 2.60 bits per heavy atom. The summed E-state index contributed by atoms with van der Waals surface area (Å²) in [6.07, 6.45) is 0. The van der Waals surface area contributed by atoms with E-state index < -0.39 is 22.8 Å². The zero-order valence-corrected chi connectivity index (χ0v) is 17.9. The minimum Gasteiger partial charge on any atom is -0.458 e. The van der Waals surface area contributed by atoms with Crippen molar-refractivity contribution in [1.29, 1.82) is 0 Å². The lowest BCUT2D eigenvalue weighted by atomic mass is 10.0. The van der Waals surface area contributed by atoms with Gasteiger partial charge >= 0.3 is 5.97 Å². The molecule has 0 aliphatic rings. The van der Waals surface area contributed by atoms with E-state index in [1.165, 1.54) is 24.3 Å². The number of carbonyl (C=O) groups excluding carboxylic acids is 3. The molecule has 0 saturated carbocycles. The number of nitro groups is 1. The first-order chi connectivity index (χ1) is 14.1. The topological polar surface area (TPSA) is 141 Å². The Morgan fingerprint density at radius 2 is 2.03 bits per heavy atom. The SMILES string of the molecule is CC(=O)Nc1nc(COC(=O)[C@@H](NC(=O)c2ccc([N+](=O)[O-])cc2Cl)C(C)C)cs1. The van der Waals surface area contributed by atoms with Gasteiger partial charge in [-0.2, -0.15) is 0 Å². The second-order valence-corrected chi connectivity index (χ2v) is 7.81. The van der Waals surface area contributed by atoms with Gasteiger partial charge < -0.3 is 15.4 Å². The number of esters is 1. The quantitative estimate of drug-likeness (QED) is 0.354. The van der Waals surface area contributed by atoms with Gasteiger partial charge in [-0.25, -0.2) is 9.78 Å². The average Bonchev–Trinajstić information content (AvgIpc) is 3.10. The summed E-state index contributed by atoms with van der Waals surface area (Å²) in [6, 6.07) is 2.46. The molecule has 0 saturated heterocycles. The number of amides is 2. The van der Waals surface area contributed by atoms with Crippen LogP contribution >= 0.6 is 22.9 Å². The molecule has 1 aromatic carbocycles. The Balaban J connectivity index is 2.03. The van der Waals surface area contributed by atoms with E-state index in [1.54, 1.807) is 19.2 Å². The zero-order chi connectivity index (χ0) is 22.4. The maximum absolute atomic E-state index is 12.5. The van der Waals surface area contributed by atoms with Crippen LogP contribution in [-0.2, 0) is 20.9 Å². The van der Waals surface area contributed by atoms with Crippen molar-refractivity contribution in [3.05, 3.63) is 50.0 Å². The van der Waals surface area contributed by atoms with Crippen molar-refractivity contribution in [2.45, 2.75) is 33.4 Å². The number of anilines is 1. The van der Waals surface area contributed by atoms with E-state index in [4.69, 9.17) is 16.3 Å². The first-order valence-corrected chi connectivity index (χ1v) is 9.97. The summed E-state index contributed by atoms with van der Waals surface area (Å²) in [5.74, 6) is -1.90. The van der Waals surface area contributed by atoms with Gasteiger partial charge in [0.05, 0.1) is 21.2 Å². The average molecular weight is 455 g/mol. The molecule has 0 aliphatic carbocycles. The third-order valence-corrected chi connectivity index (χ3v) is 4.93. The molecule has 0 spiro atoms. The number of rotatable bonds is 8. The smallest absolute Gasteiger partial charge is 0.329 e. The third-order valence-electron chi connectivity index (χ3n) is 3.81. The van der Waals surface area contributed by atoms with Crippen LogP contribution in [-0.4, -0.2) is 33.7 Å². The highest BCUT2D eigenvalue weighted by Crippen LogP contribution is 2.23. The maximum Gasteiger partial charge on any atom is 0.329 e. The van der Waals surface area contributed by atoms with Crippen molar-refractivity contribution in [3.63, 3.8) is 0 Å². The van der Waals surface area contributed by atoms with Gasteiger partial charge in [0.1, 0.15) is 12.6 Å². The van der Waals surface area contributed by atoms with Crippen LogP contribution in [0.15, 0.2) is 23.6 Å². The molecule has 160 valence electrons. The van der Waals surface area contributed by atoms with Gasteiger partial charge in [0.2, 0.25) is 5.91 Å². The van der Waals surface area contributed by atoms with Crippen molar-refractivity contribution in [1.82, 2.24) is 10.3 Å². The van der Waals surface area contributed by atoms with E-state index in [0.29, 0.717) is 10.8 Å². The fourth-order valence-electron chi connectivity index (χ4n) is 2.33. The molecular weight excluding hydrogens is 436 g/mol. The fraction of sp³-hybridized carbons (Fsp3) is 0.333. The number of halogens is 1. The van der Waals surface area contributed by atoms with Crippen LogP contribution in [0.2, 0.25) is 5.02 Å². The molecule has 0 aliphatic heterocycles. The lowest BCUT2D eigenvalue weighted by molar-refractivity contribution is -0.384. The van der Waals surface area contributed by atoms with Crippen molar-refractivity contribution in [2.75, 3.05) is 5.32 Å². The maximum atomic E-state index is 12.5. The summed E-state index contributed by atoms with van der Waals surface area (Å²) in [6.45, 7) is 4.67. The summed E-state index contributed by atoms with van der Waals surface area (Å²) in [7, 11) is 0. The summed E-state index contributed by atoms with van der Waals surface area (Å²) in [5, 5.41) is 17.8. The number of carbonyl (C=O) groups is 3. The molecule has 30 heavy (non-hydrogen) atoms. The number of nitrogens with one attached hydrogen (secondary N) is 2. The molecule has 0 unspecified atom stereocenters. The number of thiazole rings is 1. The fourth-order valence-corrected chi connectivity index (χ4v) is 3.34. The summed E-state index contributed by atoms with van der Waals surface area (Å²) < 4.78 is 5.24. The van der Waals surface area contributed by atoms with E-state index in [9.17, 15) is 24.5 Å². The van der Waals surface area contributed by atoms with Gasteiger partial charge in [0.15, 0.2) is 5.13 Å². The minimum absolute atomic E-state index is 0.000155. The molecule has 12 heteroatoms. The molecule has 10 nitrogen and oxygen atoms in total. The van der Waals surface area contributed by atoms with Crippen molar-refractivity contribution in [3.8, 4) is 0 Å². The molecule has 2 rings (SSSR count). The number of hydrogen-bond donors (Lipinski definition) is 2. The molecule has 0 radical (unpaired) electrons. The van der Waals surface area contributed by atoms with Gasteiger partial charge in [-0.1, -0.05) is 25.4 Å². The van der Waals surface area contributed by atoms with Gasteiger partial charge in [0.25, 0.3) is 11.6 Å². The number of hydrogen-bond acceptors (Lipinski definition) is 8. The molecule has 1 heterocycles. The first-order valence-electron chi connectivity index (χ1n) is 8.72. The van der Waals surface area contributed by atoms with Crippen LogP contribution in [0.4, 0.5) is 10.8 Å². The zero-order valence-electron chi connectivity index (χ0n) is 16.3. The Bertz CT molecular complexity index is 977. The van der Waals surface area contributed by atoms with Crippen LogP contribution in [0.25, 0.3) is 0 Å². The third kappa shape index (κ3) is 6.22. The molecular formula is C18H19ClN4O6S. The van der Waals surface area contributed by atoms with E-state index in [0.717, 1.165) is 12.1 Å². The number of aromatic nitrogens is 1. The summed E-state index contributed by atoms with van der Waals surface area (Å²) in [5.41, 5.74) is 0.197. The van der Waals surface area contributed by atoms with E-state index in [-0.39, 0.29) is 34.7 Å². The Morgan fingerprint density at radius 1 is 1.33 bits per heavy atom. The number of ether oxygens (including phenoxy) is 1. The predicted molar refractivity (Wildman–Crippen MR) is 110 cm³/mol. The largest absolute Gasteiger partial charge is 0.458 e. The second-order valence-electron chi connectivity index (χ2n) is 6.55. The number of benzene rings is 1. The Labute approximate surface area is 180 Å². The monoisotopic (exact) mass is 454 g/mol. The summed E-state index contributed by atoms with van der Waals surface area (Å²) in [4.78, 5) is 50.3. The first kappa shape index (κ1) is 23.2. The number of non-ortho nitro benzene ring substituents is 1. The Hall–Kier alpha value is -3.05. The summed E-state index contributed by atoms with van der Waals surface area (Å²) >= 11 is 7.16. The van der Waals surface area contributed by atoms with Gasteiger partial charge in [-0.3, -0.25) is 19.7 Å². The molecule has 2 aromatic rings. The molecule has 0 fully saturated rings. The standard InChI is InChI=1S/C18H19ClN4O6S/c1-9(2)15(17(26)29-7-11-8-30-18(21-11)20-10(3)24)22-16(25)13-5-4-12(23(27)28)6-14(13)19/h4-6,8-9,15H,7H2,1-3H3,(H,22,25)(H,20,21,24)/t15-/m0/s1. The minimum atomic E-state index is -0.975. The molecule has 2 N–H and O–H groups in total. The van der Waals surface area contributed by atoms with Gasteiger partial charge in [-0.05, 0) is 12.0 Å². The van der Waals surface area contributed by atoms with E-state index in [1.807, 2.05) is 0 Å². The van der Waals surface area contributed by atoms with Crippen molar-refractivity contribution >= 4 is 51.5 Å². The highest BCUT2D eigenvalue weighted by Gasteiger charge is 2.27. The van der Waals surface area contributed by atoms with Gasteiger partial charge in [-0.15, -0.1) is 11.3 Å². The van der Waals surface area contributed by atoms with Crippen molar-refractivity contribution in [2.24, 2.45) is 5.92 Å². The highest BCUT2D eigenvalue weighted by molar-refractivity contribution is 7.13. The molecule has 2 amide bonds. The normalized spacial score (nSPS) is 11.6. The second kappa shape index (κ2) is 10.1. The lowest BCUT2D eigenvalue weighted by Crippen LogP contribution is -2.45. The van der Waals surface area contributed by atoms with Crippen LogP contribution in [0.3, 0.4) is 0 Å². The van der Waals surface area contributed by atoms with Gasteiger partial charge in [0, 0.05) is 24.4 Å². The molecule has 1 aromatic heterocycles. The van der Waals surface area contributed by atoms with Crippen LogP contribution in [0.1, 0.15) is 36.8 Å². The Kier molecular flexibility index (Phi) is 7.84. The number of nitrogens with zero attached hydrogens (tertiary/aromatic N) is 2. The van der Waals surface area contributed by atoms with E-state index >= 15 is 0 Å².